The first-order valence-corrected chi connectivity index (χ1v) is 3.15. The van der Waals surface area contributed by atoms with E-state index in [1.165, 1.54) is 6.20 Å². The van der Waals surface area contributed by atoms with Gasteiger partial charge in [-0.15, -0.1) is 0 Å². The van der Waals surface area contributed by atoms with Crippen LogP contribution in [0.4, 0.5) is 0 Å². The van der Waals surface area contributed by atoms with Crippen LogP contribution in [0.25, 0.3) is 11.5 Å². The Morgan fingerprint density at radius 2 is 2.36 bits per heavy atom. The molecule has 0 aliphatic carbocycles. The minimum Gasteiger partial charge on any atom is -0.357 e. The minimum atomic E-state index is 0.549. The highest BCUT2D eigenvalue weighted by atomic mass is 16.1. The average molecular weight is 147 g/mol. The van der Waals surface area contributed by atoms with Crippen LogP contribution in [-0.4, -0.2) is 21.2 Å². The summed E-state index contributed by atoms with van der Waals surface area (Å²) in [4.78, 5) is 21.2. The quantitative estimate of drug-likeness (QED) is 0.604. The molecule has 2 rings (SSSR count). The van der Waals surface area contributed by atoms with Gasteiger partial charge in [0.15, 0.2) is 12.1 Å². The van der Waals surface area contributed by atoms with E-state index < -0.39 is 0 Å². The molecule has 2 aliphatic heterocycles. The zero-order valence-electron chi connectivity index (χ0n) is 5.61. The fourth-order valence-corrected chi connectivity index (χ4v) is 0.952. The standard InChI is InChI=1S/C7H5N3O/c11-4-5-3-10-7-6(5)8-1-2-9-7/h1-4,8H. The topological polar surface area (TPSA) is 58.6 Å². The first-order chi connectivity index (χ1) is 5.42. The van der Waals surface area contributed by atoms with Gasteiger partial charge in [0.25, 0.3) is 0 Å². The van der Waals surface area contributed by atoms with Crippen molar-refractivity contribution in [1.82, 2.24) is 15.0 Å². The molecule has 0 unspecified atom stereocenters. The van der Waals surface area contributed by atoms with E-state index in [2.05, 4.69) is 15.0 Å². The van der Waals surface area contributed by atoms with Gasteiger partial charge in [-0.2, -0.15) is 0 Å². The zero-order chi connectivity index (χ0) is 7.68. The number of aromatic amines is 1. The van der Waals surface area contributed by atoms with Gasteiger partial charge in [0, 0.05) is 18.6 Å². The van der Waals surface area contributed by atoms with Crippen molar-refractivity contribution in [2.24, 2.45) is 0 Å². The molecule has 1 N–H and O–H groups in total. The summed E-state index contributed by atoms with van der Waals surface area (Å²) in [7, 11) is 0. The summed E-state index contributed by atoms with van der Waals surface area (Å²) in [6.45, 7) is 0. The Morgan fingerprint density at radius 3 is 3.18 bits per heavy atom. The molecule has 0 saturated heterocycles. The Balaban J connectivity index is 2.73. The molecular formula is C7H5N3O. The highest BCUT2D eigenvalue weighted by Crippen LogP contribution is 2.16. The minimum absolute atomic E-state index is 0.549. The summed E-state index contributed by atoms with van der Waals surface area (Å²) in [6.07, 6.45) is 5.52. The summed E-state index contributed by atoms with van der Waals surface area (Å²) < 4.78 is 0. The van der Waals surface area contributed by atoms with Crippen molar-refractivity contribution in [3.63, 3.8) is 0 Å². The number of rotatable bonds is 1. The van der Waals surface area contributed by atoms with E-state index in [-0.39, 0.29) is 0 Å². The van der Waals surface area contributed by atoms with Crippen LogP contribution in [0.2, 0.25) is 0 Å². The number of carbonyl (C=O) groups excluding carboxylic acids is 1. The van der Waals surface area contributed by atoms with Crippen LogP contribution in [0.5, 0.6) is 0 Å². The molecular weight excluding hydrogens is 142 g/mol. The number of fused-ring (bicyclic) bond motifs is 1. The third-order valence-electron chi connectivity index (χ3n) is 1.46. The zero-order valence-corrected chi connectivity index (χ0v) is 5.61. The lowest BCUT2D eigenvalue weighted by molar-refractivity contribution is 0.112. The maximum atomic E-state index is 10.4. The molecule has 0 radical (unpaired) electrons. The number of aromatic nitrogens is 3. The summed E-state index contributed by atoms with van der Waals surface area (Å²) >= 11 is 0. The molecule has 0 atom stereocenters. The molecule has 2 aliphatic rings. The van der Waals surface area contributed by atoms with Gasteiger partial charge in [0.1, 0.15) is 0 Å². The Morgan fingerprint density at radius 1 is 1.45 bits per heavy atom. The average Bonchev–Trinajstić information content (AvgIpc) is 2.47. The van der Waals surface area contributed by atoms with E-state index in [1.54, 1.807) is 12.4 Å². The predicted molar refractivity (Wildman–Crippen MR) is 38.4 cm³/mol. The van der Waals surface area contributed by atoms with Gasteiger partial charge in [0.05, 0.1) is 11.3 Å². The molecule has 0 saturated carbocycles. The van der Waals surface area contributed by atoms with Crippen molar-refractivity contribution in [1.29, 1.82) is 0 Å². The first kappa shape index (κ1) is 6.03. The Labute approximate surface area is 62.6 Å². The SMILES string of the molecule is O=Cc1cnc2ncc[nH]c1-2. The van der Waals surface area contributed by atoms with Crippen LogP contribution < -0.4 is 0 Å². The summed E-state index contributed by atoms with van der Waals surface area (Å²) in [6, 6.07) is 0. The third kappa shape index (κ3) is 0.797. The van der Waals surface area contributed by atoms with Crippen molar-refractivity contribution in [3.05, 3.63) is 24.2 Å². The number of H-pyrrole nitrogens is 1. The van der Waals surface area contributed by atoms with Gasteiger partial charge < -0.3 is 4.98 Å². The molecule has 0 bridgehead atoms. The molecule has 0 aromatic heterocycles. The predicted octanol–water partition coefficient (Wildman–Crippen LogP) is 0.722. The Bertz CT molecular complexity index is 355. The van der Waals surface area contributed by atoms with E-state index >= 15 is 0 Å². The van der Waals surface area contributed by atoms with Crippen molar-refractivity contribution >= 4 is 6.29 Å². The molecule has 4 heteroatoms. The first-order valence-electron chi connectivity index (χ1n) is 3.15. The van der Waals surface area contributed by atoms with Gasteiger partial charge in [-0.05, 0) is 0 Å². The molecule has 54 valence electrons. The lowest BCUT2D eigenvalue weighted by atomic mass is 10.3. The Kier molecular flexibility index (Phi) is 1.18. The highest BCUT2D eigenvalue weighted by Gasteiger charge is 2.09. The van der Waals surface area contributed by atoms with E-state index in [4.69, 9.17) is 0 Å². The number of hydrogen-bond donors (Lipinski definition) is 1. The maximum absolute atomic E-state index is 10.4. The fraction of sp³-hybridized carbons (Fsp3) is 0. The number of carbonyl (C=O) groups is 1. The number of nitrogens with zero attached hydrogens (tertiary/aromatic N) is 2. The van der Waals surface area contributed by atoms with Gasteiger partial charge in [-0.25, -0.2) is 9.97 Å². The monoisotopic (exact) mass is 147 g/mol. The van der Waals surface area contributed by atoms with Crippen molar-refractivity contribution in [2.75, 3.05) is 0 Å². The van der Waals surface area contributed by atoms with Crippen LogP contribution in [0.3, 0.4) is 0 Å². The number of hydrogen-bond acceptors (Lipinski definition) is 3. The van der Waals surface area contributed by atoms with Gasteiger partial charge in [-0.1, -0.05) is 0 Å². The third-order valence-corrected chi connectivity index (χ3v) is 1.46. The van der Waals surface area contributed by atoms with E-state index in [1.807, 2.05) is 0 Å². The summed E-state index contributed by atoms with van der Waals surface area (Å²) in [5.41, 5.74) is 1.25. The highest BCUT2D eigenvalue weighted by molar-refractivity contribution is 5.84. The molecule has 0 aromatic carbocycles. The summed E-state index contributed by atoms with van der Waals surface area (Å²) in [5, 5.41) is 0. The van der Waals surface area contributed by atoms with Gasteiger partial charge in [0.2, 0.25) is 0 Å². The maximum Gasteiger partial charge on any atom is 0.176 e. The smallest absolute Gasteiger partial charge is 0.176 e. The normalized spacial score (nSPS) is 10.2. The molecule has 11 heavy (non-hydrogen) atoms. The molecule has 2 heterocycles. The molecule has 0 spiro atoms. The van der Waals surface area contributed by atoms with Gasteiger partial charge >= 0.3 is 0 Å². The number of nitrogens with one attached hydrogen (secondary N) is 1. The second-order valence-corrected chi connectivity index (χ2v) is 2.12. The molecule has 4 nitrogen and oxygen atoms in total. The van der Waals surface area contributed by atoms with Crippen LogP contribution in [-0.2, 0) is 0 Å². The van der Waals surface area contributed by atoms with E-state index in [0.717, 1.165) is 6.29 Å². The summed E-state index contributed by atoms with van der Waals surface area (Å²) in [5.74, 6) is 0.578. The van der Waals surface area contributed by atoms with Crippen molar-refractivity contribution < 1.29 is 4.79 Å². The van der Waals surface area contributed by atoms with Crippen LogP contribution in [0.1, 0.15) is 10.4 Å². The van der Waals surface area contributed by atoms with Crippen LogP contribution in [0.15, 0.2) is 18.6 Å². The van der Waals surface area contributed by atoms with Crippen LogP contribution >= 0.6 is 0 Å². The second-order valence-electron chi connectivity index (χ2n) is 2.12. The van der Waals surface area contributed by atoms with Gasteiger partial charge in [-0.3, -0.25) is 4.79 Å². The Hall–Kier alpha value is -1.71. The van der Waals surface area contributed by atoms with E-state index in [0.29, 0.717) is 17.1 Å². The molecule has 0 aromatic rings. The second kappa shape index (κ2) is 2.16. The lowest BCUT2D eigenvalue weighted by Gasteiger charge is -1.93. The number of aldehydes is 1. The lowest BCUT2D eigenvalue weighted by Crippen LogP contribution is -1.88. The van der Waals surface area contributed by atoms with Crippen molar-refractivity contribution in [2.45, 2.75) is 0 Å². The van der Waals surface area contributed by atoms with Crippen LogP contribution in [0, 0.1) is 0 Å². The fourth-order valence-electron chi connectivity index (χ4n) is 0.952. The largest absolute Gasteiger partial charge is 0.357 e. The molecule has 0 amide bonds. The van der Waals surface area contributed by atoms with Crippen molar-refractivity contribution in [3.8, 4) is 11.5 Å². The molecule has 0 fully saturated rings. The van der Waals surface area contributed by atoms with E-state index in [9.17, 15) is 4.79 Å².